The number of nitrogens with two attached hydrogens (primary N) is 1. The van der Waals surface area contributed by atoms with Crippen LogP contribution in [0.4, 0.5) is 0 Å². The largest absolute Gasteiger partial charge is 0.480 e. The predicted octanol–water partition coefficient (Wildman–Crippen LogP) is 0.319. The van der Waals surface area contributed by atoms with E-state index < -0.39 is 19.6 Å². The van der Waals surface area contributed by atoms with Crippen molar-refractivity contribution in [2.45, 2.75) is 18.6 Å². The Morgan fingerprint density at radius 1 is 1.35 bits per heavy atom. The van der Waals surface area contributed by atoms with Gasteiger partial charge in [-0.15, -0.1) is 0 Å². The van der Waals surface area contributed by atoms with Crippen LogP contribution in [-0.2, 0) is 21.9 Å². The Labute approximate surface area is 98.2 Å². The molecule has 5 N–H and O–H groups in total. The van der Waals surface area contributed by atoms with E-state index in [1.54, 1.807) is 24.3 Å². The van der Waals surface area contributed by atoms with Gasteiger partial charge in [0.05, 0.1) is 6.16 Å². The van der Waals surface area contributed by atoms with Crippen LogP contribution in [0.1, 0.15) is 11.1 Å². The summed E-state index contributed by atoms with van der Waals surface area (Å²) in [5.41, 5.74) is 6.48. The molecule has 0 saturated heterocycles. The van der Waals surface area contributed by atoms with Crippen molar-refractivity contribution in [3.05, 3.63) is 35.4 Å². The number of rotatable bonds is 5. The van der Waals surface area contributed by atoms with Crippen LogP contribution in [-0.4, -0.2) is 26.9 Å². The highest BCUT2D eigenvalue weighted by Crippen LogP contribution is 2.39. The number of carbonyl (C=O) groups is 1. The molecule has 94 valence electrons. The summed E-state index contributed by atoms with van der Waals surface area (Å²) in [7, 11) is -4.11. The molecule has 1 atom stereocenters. The third kappa shape index (κ3) is 5.10. The molecule has 0 saturated carbocycles. The molecule has 0 radical (unpaired) electrons. The van der Waals surface area contributed by atoms with Gasteiger partial charge in [-0.3, -0.25) is 9.36 Å². The molecule has 0 fully saturated rings. The molecule has 0 unspecified atom stereocenters. The van der Waals surface area contributed by atoms with Crippen molar-refractivity contribution in [2.75, 3.05) is 0 Å². The molecule has 1 aromatic rings. The van der Waals surface area contributed by atoms with Gasteiger partial charge in [0, 0.05) is 0 Å². The Balaban J connectivity index is 2.79. The second-order valence-electron chi connectivity index (χ2n) is 3.79. The zero-order valence-electron chi connectivity index (χ0n) is 8.98. The maximum absolute atomic E-state index is 10.8. The van der Waals surface area contributed by atoms with Crippen LogP contribution in [0.25, 0.3) is 0 Å². The van der Waals surface area contributed by atoms with Crippen LogP contribution in [0.15, 0.2) is 24.3 Å². The monoisotopic (exact) mass is 259 g/mol. The molecule has 0 amide bonds. The summed E-state index contributed by atoms with van der Waals surface area (Å²) in [5, 5.41) is 8.65. The maximum atomic E-state index is 10.8. The average Bonchev–Trinajstić information content (AvgIpc) is 2.15. The lowest BCUT2D eigenvalue weighted by Crippen LogP contribution is -2.32. The van der Waals surface area contributed by atoms with Crippen molar-refractivity contribution in [2.24, 2.45) is 5.73 Å². The lowest BCUT2D eigenvalue weighted by atomic mass is 10.0. The lowest BCUT2D eigenvalue weighted by molar-refractivity contribution is -0.138. The lowest BCUT2D eigenvalue weighted by Gasteiger charge is -2.09. The van der Waals surface area contributed by atoms with Gasteiger partial charge in [0.25, 0.3) is 0 Å². The molecule has 0 aliphatic carbocycles. The highest BCUT2D eigenvalue weighted by atomic mass is 31.2. The van der Waals surface area contributed by atoms with Crippen LogP contribution in [0.5, 0.6) is 0 Å². The summed E-state index contributed by atoms with van der Waals surface area (Å²) in [4.78, 5) is 28.2. The molecule has 1 aromatic carbocycles. The van der Waals surface area contributed by atoms with Gasteiger partial charge in [-0.05, 0) is 17.5 Å². The molecule has 0 aliphatic rings. The van der Waals surface area contributed by atoms with Gasteiger partial charge < -0.3 is 20.6 Å². The fourth-order valence-electron chi connectivity index (χ4n) is 1.43. The van der Waals surface area contributed by atoms with Crippen LogP contribution in [0.2, 0.25) is 0 Å². The fraction of sp³-hybridized carbons (Fsp3) is 0.300. The first-order valence-corrected chi connectivity index (χ1v) is 6.68. The summed E-state index contributed by atoms with van der Waals surface area (Å²) in [6.45, 7) is 0. The minimum atomic E-state index is -4.11. The first-order chi connectivity index (χ1) is 7.78. The summed E-state index contributed by atoms with van der Waals surface area (Å²) < 4.78 is 10.8. The molecule has 0 heterocycles. The van der Waals surface area contributed by atoms with Crippen molar-refractivity contribution in [1.29, 1.82) is 0 Å². The predicted molar refractivity (Wildman–Crippen MR) is 61.5 cm³/mol. The van der Waals surface area contributed by atoms with Gasteiger partial charge in [0.15, 0.2) is 0 Å². The summed E-state index contributed by atoms with van der Waals surface area (Å²) in [6.07, 6.45) is -0.229. The SMILES string of the molecule is N[C@@H](Cc1cccc(CP(=O)(O)O)c1)C(=O)O. The minimum absolute atomic E-state index is 0.129. The van der Waals surface area contributed by atoms with Crippen LogP contribution in [0.3, 0.4) is 0 Å². The van der Waals surface area contributed by atoms with Crippen molar-refractivity contribution < 1.29 is 24.3 Å². The summed E-state index contributed by atoms with van der Waals surface area (Å²) in [5.74, 6) is -1.11. The number of carboxylic acids is 1. The van der Waals surface area contributed by atoms with Crippen LogP contribution < -0.4 is 5.73 Å². The van der Waals surface area contributed by atoms with Gasteiger partial charge in [-0.25, -0.2) is 0 Å². The minimum Gasteiger partial charge on any atom is -0.480 e. The van der Waals surface area contributed by atoms with Gasteiger partial charge >= 0.3 is 13.6 Å². The van der Waals surface area contributed by atoms with Crippen molar-refractivity contribution in [1.82, 2.24) is 0 Å². The molecule has 6 nitrogen and oxygen atoms in total. The van der Waals surface area contributed by atoms with Crippen LogP contribution >= 0.6 is 7.60 Å². The number of hydrogen-bond donors (Lipinski definition) is 4. The number of aliphatic carboxylic acids is 1. The molecular formula is C10H14NO5P. The van der Waals surface area contributed by atoms with E-state index in [2.05, 4.69) is 0 Å². The molecule has 7 heteroatoms. The van der Waals surface area contributed by atoms with Gasteiger partial charge in [-0.1, -0.05) is 24.3 Å². The molecule has 0 aromatic heterocycles. The second-order valence-corrected chi connectivity index (χ2v) is 5.44. The summed E-state index contributed by atoms with van der Waals surface area (Å²) in [6, 6.07) is 5.41. The first kappa shape index (κ1) is 13.9. The molecule has 0 spiro atoms. The third-order valence-corrected chi connectivity index (χ3v) is 2.93. The molecule has 17 heavy (non-hydrogen) atoms. The third-order valence-electron chi connectivity index (χ3n) is 2.15. The highest BCUT2D eigenvalue weighted by molar-refractivity contribution is 7.50. The fourth-order valence-corrected chi connectivity index (χ4v) is 2.11. The van der Waals surface area contributed by atoms with Crippen molar-refractivity contribution in [3.8, 4) is 0 Å². The van der Waals surface area contributed by atoms with Gasteiger partial charge in [0.1, 0.15) is 6.04 Å². The zero-order valence-corrected chi connectivity index (χ0v) is 9.88. The normalized spacial score (nSPS) is 13.4. The van der Waals surface area contributed by atoms with E-state index in [1.165, 1.54) is 0 Å². The summed E-state index contributed by atoms with van der Waals surface area (Å²) >= 11 is 0. The Bertz CT molecular complexity index is 456. The number of carboxylic acid groups (broad SMARTS) is 1. The maximum Gasteiger partial charge on any atom is 0.329 e. The Kier molecular flexibility index (Phi) is 4.42. The molecular weight excluding hydrogens is 245 g/mol. The van der Waals surface area contributed by atoms with Crippen molar-refractivity contribution >= 4 is 13.6 Å². The van der Waals surface area contributed by atoms with Gasteiger partial charge in [-0.2, -0.15) is 0 Å². The standard InChI is InChI=1S/C10H14NO5P/c11-9(10(12)13)5-7-2-1-3-8(4-7)6-17(14,15)16/h1-4,9H,5-6,11H2,(H,12,13)(H2,14,15,16)/t9-/m0/s1. The molecule has 1 rings (SSSR count). The average molecular weight is 259 g/mol. The molecule has 0 bridgehead atoms. The van der Waals surface area contributed by atoms with Crippen LogP contribution in [0, 0.1) is 0 Å². The van der Waals surface area contributed by atoms with E-state index in [4.69, 9.17) is 20.6 Å². The van der Waals surface area contributed by atoms with E-state index >= 15 is 0 Å². The quantitative estimate of drug-likeness (QED) is 0.565. The topological polar surface area (TPSA) is 121 Å². The smallest absolute Gasteiger partial charge is 0.329 e. The van der Waals surface area contributed by atoms with Crippen molar-refractivity contribution in [3.63, 3.8) is 0 Å². The Morgan fingerprint density at radius 2 is 1.94 bits per heavy atom. The Morgan fingerprint density at radius 3 is 2.47 bits per heavy atom. The Hall–Kier alpha value is -1.20. The number of hydrogen-bond acceptors (Lipinski definition) is 3. The van der Waals surface area contributed by atoms with E-state index in [1.807, 2.05) is 0 Å². The van der Waals surface area contributed by atoms with E-state index in [-0.39, 0.29) is 12.6 Å². The van der Waals surface area contributed by atoms with Gasteiger partial charge in [0.2, 0.25) is 0 Å². The van der Waals surface area contributed by atoms with E-state index in [0.29, 0.717) is 11.1 Å². The zero-order chi connectivity index (χ0) is 13.1. The number of benzene rings is 1. The highest BCUT2D eigenvalue weighted by Gasteiger charge is 2.15. The second kappa shape index (κ2) is 5.42. The van der Waals surface area contributed by atoms with E-state index in [9.17, 15) is 9.36 Å². The molecule has 0 aliphatic heterocycles. The first-order valence-electron chi connectivity index (χ1n) is 4.89. The van der Waals surface area contributed by atoms with E-state index in [0.717, 1.165) is 0 Å².